The van der Waals surface area contributed by atoms with Crippen LogP contribution in [0.4, 0.5) is 0 Å². The largest absolute Gasteiger partial charge is 0.459 e. The van der Waals surface area contributed by atoms with Gasteiger partial charge < -0.3 is 63.8 Å². The normalized spacial score (nSPS) is 48.4. The summed E-state index contributed by atoms with van der Waals surface area (Å²) >= 11 is 0. The first kappa shape index (κ1) is 45.9. The average Bonchev–Trinajstić information content (AvgIpc) is 3.09. The Hall–Kier alpha value is -1.50. The minimum atomic E-state index is -1.94. The summed E-state index contributed by atoms with van der Waals surface area (Å²) in [5, 5.41) is 48.3. The molecule has 18 atom stereocenters. The molecular weight excluding hydrogens is 692 g/mol. The summed E-state index contributed by atoms with van der Waals surface area (Å²) in [5.41, 5.74) is -4.23. The van der Waals surface area contributed by atoms with Gasteiger partial charge in [-0.1, -0.05) is 20.8 Å². The van der Waals surface area contributed by atoms with Crippen molar-refractivity contribution >= 4 is 11.9 Å². The molecule has 0 saturated carbocycles. The second-order valence-electron chi connectivity index (χ2n) is 16.7. The molecule has 15 nitrogen and oxygen atoms in total. The number of rotatable bonds is 8. The summed E-state index contributed by atoms with van der Waals surface area (Å²) in [4.78, 5) is 29.9. The van der Waals surface area contributed by atoms with E-state index < -0.39 is 108 Å². The van der Waals surface area contributed by atoms with Crippen molar-refractivity contribution < 1.29 is 63.2 Å². The van der Waals surface area contributed by atoms with E-state index in [1.165, 1.54) is 21.1 Å². The van der Waals surface area contributed by atoms with Gasteiger partial charge in [0.1, 0.15) is 30.0 Å². The Morgan fingerprint density at radius 1 is 0.887 bits per heavy atom. The first-order valence-corrected chi connectivity index (χ1v) is 19.1. The first-order valence-electron chi connectivity index (χ1n) is 19.1. The number of carbonyl (C=O) groups is 2. The Kier molecular flexibility index (Phi) is 15.7. The van der Waals surface area contributed by atoms with Gasteiger partial charge in [-0.2, -0.15) is 0 Å². The number of likely N-dealkylation sites (N-methyl/N-ethyl adjacent to an activating group) is 1. The van der Waals surface area contributed by atoms with Crippen molar-refractivity contribution in [2.24, 2.45) is 17.8 Å². The van der Waals surface area contributed by atoms with Gasteiger partial charge in [-0.15, -0.1) is 0 Å². The smallest absolute Gasteiger partial charge is 0.311 e. The number of aliphatic hydroxyl groups excluding tert-OH is 3. The quantitative estimate of drug-likeness (QED) is 0.225. The van der Waals surface area contributed by atoms with Crippen LogP contribution >= 0.6 is 0 Å². The van der Waals surface area contributed by atoms with Gasteiger partial charge in [0.15, 0.2) is 12.6 Å². The number of ether oxygens (including phenoxy) is 7. The summed E-state index contributed by atoms with van der Waals surface area (Å²) in [7, 11) is 6.76. The highest BCUT2D eigenvalue weighted by atomic mass is 16.7. The van der Waals surface area contributed by atoms with Crippen LogP contribution in [-0.4, -0.2) is 156 Å². The highest BCUT2D eigenvalue weighted by Crippen LogP contribution is 2.41. The van der Waals surface area contributed by atoms with Gasteiger partial charge in [-0.05, 0) is 81.8 Å². The lowest BCUT2D eigenvalue weighted by Gasteiger charge is -2.49. The molecule has 310 valence electrons. The number of amides is 1. The number of carbonyl (C=O) groups excluding carboxylic acids is 2. The van der Waals surface area contributed by atoms with Gasteiger partial charge >= 0.3 is 5.97 Å². The molecule has 0 aliphatic carbocycles. The fourth-order valence-corrected chi connectivity index (χ4v) is 8.42. The van der Waals surface area contributed by atoms with E-state index in [4.69, 9.17) is 33.2 Å². The van der Waals surface area contributed by atoms with Crippen LogP contribution in [0.2, 0.25) is 0 Å². The molecule has 1 amide bonds. The molecule has 53 heavy (non-hydrogen) atoms. The van der Waals surface area contributed by atoms with Gasteiger partial charge in [-0.3, -0.25) is 9.59 Å². The molecule has 0 radical (unpaired) electrons. The van der Waals surface area contributed by atoms with E-state index in [0.29, 0.717) is 6.42 Å². The maximum Gasteiger partial charge on any atom is 0.311 e. The molecule has 0 aromatic heterocycles. The highest BCUT2D eigenvalue weighted by molar-refractivity contribution is 5.78. The van der Waals surface area contributed by atoms with Crippen LogP contribution in [-0.2, 0) is 42.7 Å². The summed E-state index contributed by atoms with van der Waals surface area (Å²) in [6.45, 7) is 17.0. The van der Waals surface area contributed by atoms with E-state index in [0.717, 1.165) is 0 Å². The lowest BCUT2D eigenvalue weighted by atomic mass is 9.77. The maximum atomic E-state index is 14.2. The molecule has 0 aromatic carbocycles. The van der Waals surface area contributed by atoms with Crippen molar-refractivity contribution in [2.45, 2.75) is 185 Å². The molecule has 0 spiro atoms. The number of hydrogen-bond donors (Lipinski definition) is 5. The molecule has 3 heterocycles. The van der Waals surface area contributed by atoms with E-state index in [1.54, 1.807) is 48.5 Å². The number of nitrogens with one attached hydrogen (secondary N) is 1. The number of esters is 1. The third-order valence-corrected chi connectivity index (χ3v) is 12.2. The minimum Gasteiger partial charge on any atom is -0.459 e. The molecular formula is C38H70N2O13. The van der Waals surface area contributed by atoms with E-state index in [9.17, 15) is 30.0 Å². The van der Waals surface area contributed by atoms with Crippen molar-refractivity contribution in [3.63, 3.8) is 0 Å². The fraction of sp³-hybridized carbons (Fsp3) is 0.947. The third-order valence-electron chi connectivity index (χ3n) is 12.2. The standard InChI is InChI=1S/C38H70N2O13/c1-15-26-38(10,46)30(42)23(6)39-33(44)19(2)17-37(9,48-14)32(53-35-28(41)25(40(11)12)16-20(3)49-35)21(4)29(22(5)34(45)51-26)52-27-18-36(8,47-13)31(43)24(7)50-27/h19-32,35,41-43,46H,15-18H2,1-14H3,(H,39,44)/t19-,20-,21+,22-,23-,24+,25+,26-,27+,28-,29+,30-,31+,32-,35+,36-,37-,38+/m1/s1. The van der Waals surface area contributed by atoms with Crippen LogP contribution in [0.1, 0.15) is 94.9 Å². The van der Waals surface area contributed by atoms with Crippen molar-refractivity contribution in [3.05, 3.63) is 0 Å². The maximum absolute atomic E-state index is 14.2. The molecule has 5 N–H and O–H groups in total. The highest BCUT2D eigenvalue weighted by Gasteiger charge is 2.53. The summed E-state index contributed by atoms with van der Waals surface area (Å²) in [5.74, 6) is -3.58. The lowest BCUT2D eigenvalue weighted by Crippen LogP contribution is -2.61. The number of hydrogen-bond acceptors (Lipinski definition) is 14. The summed E-state index contributed by atoms with van der Waals surface area (Å²) in [6.07, 6.45) is -8.77. The number of cyclic esters (lactones) is 1. The Morgan fingerprint density at radius 3 is 2.04 bits per heavy atom. The van der Waals surface area contributed by atoms with Crippen LogP contribution in [0.5, 0.6) is 0 Å². The summed E-state index contributed by atoms with van der Waals surface area (Å²) < 4.78 is 43.9. The van der Waals surface area contributed by atoms with Crippen molar-refractivity contribution in [1.29, 1.82) is 0 Å². The van der Waals surface area contributed by atoms with E-state index >= 15 is 0 Å². The molecule has 0 bridgehead atoms. The monoisotopic (exact) mass is 762 g/mol. The Morgan fingerprint density at radius 2 is 1.49 bits per heavy atom. The SMILES string of the molecule is CC[C@H]1OC(=O)[C@H](C)[C@@H](O[C@H]2C[C@@](C)(OC)[C@@H](O)[C@H](C)O2)[C@H](C)[C@@H](O[C@@H]2O[C@H](C)C[C@H](N(C)C)[C@H]2O)[C@](C)(OC)C[C@@H](C)C(=O)N[C@H](C)[C@@H](O)[C@@]1(C)O. The first-order chi connectivity index (χ1) is 24.5. The van der Waals surface area contributed by atoms with Crippen molar-refractivity contribution in [3.8, 4) is 0 Å². The van der Waals surface area contributed by atoms with Gasteiger partial charge in [0.05, 0.1) is 47.6 Å². The predicted octanol–water partition coefficient (Wildman–Crippen LogP) is 1.74. The molecule has 3 rings (SSSR count). The van der Waals surface area contributed by atoms with Crippen LogP contribution in [0.3, 0.4) is 0 Å². The van der Waals surface area contributed by atoms with Crippen LogP contribution in [0.15, 0.2) is 0 Å². The molecule has 3 saturated heterocycles. The minimum absolute atomic E-state index is 0.104. The third kappa shape index (κ3) is 10.1. The number of methoxy groups -OCH3 is 2. The Balaban J connectivity index is 2.22. The topological polar surface area (TPSA) is 195 Å². The Bertz CT molecular complexity index is 1210. The van der Waals surface area contributed by atoms with Crippen molar-refractivity contribution in [1.82, 2.24) is 10.2 Å². The Labute approximate surface area is 316 Å². The summed E-state index contributed by atoms with van der Waals surface area (Å²) in [6, 6.07) is -1.21. The molecule has 3 fully saturated rings. The molecule has 3 aliphatic heterocycles. The van der Waals surface area contributed by atoms with Gasteiger partial charge in [-0.25, -0.2) is 0 Å². The van der Waals surface area contributed by atoms with Gasteiger partial charge in [0.25, 0.3) is 0 Å². The van der Waals surface area contributed by atoms with E-state index in [-0.39, 0.29) is 31.4 Å². The van der Waals surface area contributed by atoms with Crippen LogP contribution < -0.4 is 5.32 Å². The zero-order chi connectivity index (χ0) is 40.4. The second-order valence-corrected chi connectivity index (χ2v) is 16.7. The molecule has 15 heteroatoms. The zero-order valence-electron chi connectivity index (χ0n) is 34.4. The second kappa shape index (κ2) is 18.2. The molecule has 0 unspecified atom stereocenters. The van der Waals surface area contributed by atoms with E-state index in [1.807, 2.05) is 32.8 Å². The van der Waals surface area contributed by atoms with Crippen LogP contribution in [0, 0.1) is 17.8 Å². The predicted molar refractivity (Wildman–Crippen MR) is 194 cm³/mol. The zero-order valence-corrected chi connectivity index (χ0v) is 34.4. The fourth-order valence-electron chi connectivity index (χ4n) is 8.42. The number of aliphatic hydroxyl groups is 4. The van der Waals surface area contributed by atoms with E-state index in [2.05, 4.69) is 5.32 Å². The van der Waals surface area contributed by atoms with Crippen LogP contribution in [0.25, 0.3) is 0 Å². The van der Waals surface area contributed by atoms with Gasteiger partial charge in [0.2, 0.25) is 5.91 Å². The number of nitrogens with zero attached hydrogens (tertiary/aromatic N) is 1. The molecule has 0 aromatic rings. The molecule has 3 aliphatic rings. The average molecular weight is 763 g/mol. The van der Waals surface area contributed by atoms with Gasteiger partial charge in [0, 0.05) is 38.5 Å². The lowest BCUT2D eigenvalue weighted by molar-refractivity contribution is -0.319. The van der Waals surface area contributed by atoms with Crippen molar-refractivity contribution in [2.75, 3.05) is 28.3 Å².